The second-order valence-electron chi connectivity index (χ2n) is 2.57. The first kappa shape index (κ1) is 9.46. The van der Waals surface area contributed by atoms with Gasteiger partial charge in [0.25, 0.3) is 6.43 Å². The quantitative estimate of drug-likeness (QED) is 0.625. The third-order valence-corrected chi connectivity index (χ3v) is 2.15. The average Bonchev–Trinajstić information content (AvgIpc) is 2.04. The summed E-state index contributed by atoms with van der Waals surface area (Å²) in [5, 5.41) is 0. The van der Waals surface area contributed by atoms with Crippen molar-refractivity contribution in [3.05, 3.63) is 34.9 Å². The van der Waals surface area contributed by atoms with Crippen LogP contribution in [0.5, 0.6) is 0 Å². The van der Waals surface area contributed by atoms with Gasteiger partial charge in [0.15, 0.2) is 0 Å². The van der Waals surface area contributed by atoms with E-state index in [1.54, 1.807) is 19.1 Å². The summed E-state index contributed by atoms with van der Waals surface area (Å²) in [6.45, 7) is 1.67. The van der Waals surface area contributed by atoms with Crippen molar-refractivity contribution in [2.24, 2.45) is 0 Å². The largest absolute Gasteiger partial charge is 0.264 e. The van der Waals surface area contributed by atoms with E-state index in [4.69, 9.17) is 11.6 Å². The highest BCUT2D eigenvalue weighted by molar-refractivity contribution is 6.17. The zero-order valence-electron chi connectivity index (χ0n) is 6.65. The fraction of sp³-hybridized carbons (Fsp3) is 0.333. The average molecular weight is 191 g/mol. The van der Waals surface area contributed by atoms with Gasteiger partial charge in [-0.2, -0.15) is 0 Å². The Morgan fingerprint density at radius 1 is 1.42 bits per heavy atom. The van der Waals surface area contributed by atoms with Crippen molar-refractivity contribution >= 4 is 11.6 Å². The number of hydrogen-bond acceptors (Lipinski definition) is 0. The number of benzene rings is 1. The Labute approximate surface area is 75.2 Å². The first-order chi connectivity index (χ1) is 5.66. The van der Waals surface area contributed by atoms with Crippen LogP contribution in [-0.4, -0.2) is 0 Å². The number of rotatable bonds is 2. The maximum Gasteiger partial charge on any atom is 0.264 e. The monoisotopic (exact) mass is 190 g/mol. The smallest absolute Gasteiger partial charge is 0.205 e. The molecule has 1 aromatic rings. The van der Waals surface area contributed by atoms with Gasteiger partial charge in [0.1, 0.15) is 0 Å². The van der Waals surface area contributed by atoms with Gasteiger partial charge < -0.3 is 0 Å². The second kappa shape index (κ2) is 3.85. The van der Waals surface area contributed by atoms with Crippen LogP contribution < -0.4 is 0 Å². The van der Waals surface area contributed by atoms with E-state index in [2.05, 4.69) is 0 Å². The third-order valence-electron chi connectivity index (χ3n) is 1.87. The molecular weight excluding hydrogens is 182 g/mol. The van der Waals surface area contributed by atoms with Crippen LogP contribution in [0.25, 0.3) is 0 Å². The van der Waals surface area contributed by atoms with Crippen molar-refractivity contribution in [3.8, 4) is 0 Å². The standard InChI is InChI=1S/C9H9ClF2/c1-6-7(5-10)3-2-4-8(6)9(11)12/h2-4,9H,5H2,1H3. The lowest BCUT2D eigenvalue weighted by molar-refractivity contribution is 0.150. The minimum Gasteiger partial charge on any atom is -0.205 e. The Bertz CT molecular complexity index is 271. The molecule has 0 unspecified atom stereocenters. The van der Waals surface area contributed by atoms with Crippen molar-refractivity contribution in [1.82, 2.24) is 0 Å². The minimum absolute atomic E-state index is 0.0770. The van der Waals surface area contributed by atoms with E-state index in [0.29, 0.717) is 5.56 Å². The van der Waals surface area contributed by atoms with Gasteiger partial charge in [-0.1, -0.05) is 18.2 Å². The van der Waals surface area contributed by atoms with Gasteiger partial charge in [-0.05, 0) is 18.1 Å². The van der Waals surface area contributed by atoms with Crippen LogP contribution >= 0.6 is 11.6 Å². The van der Waals surface area contributed by atoms with Gasteiger partial charge >= 0.3 is 0 Å². The lowest BCUT2D eigenvalue weighted by atomic mass is 10.0. The van der Waals surface area contributed by atoms with E-state index in [-0.39, 0.29) is 11.4 Å². The molecule has 0 saturated carbocycles. The first-order valence-corrected chi connectivity index (χ1v) is 4.12. The van der Waals surface area contributed by atoms with E-state index in [9.17, 15) is 8.78 Å². The third kappa shape index (κ3) is 1.75. The fourth-order valence-corrected chi connectivity index (χ4v) is 1.37. The second-order valence-corrected chi connectivity index (χ2v) is 2.83. The van der Waals surface area contributed by atoms with Gasteiger partial charge in [0, 0.05) is 11.4 Å². The summed E-state index contributed by atoms with van der Waals surface area (Å²) >= 11 is 5.56. The Balaban J connectivity index is 3.14. The zero-order valence-corrected chi connectivity index (χ0v) is 7.41. The minimum atomic E-state index is -2.41. The molecular formula is C9H9ClF2. The highest BCUT2D eigenvalue weighted by atomic mass is 35.5. The molecule has 0 N–H and O–H groups in total. The van der Waals surface area contributed by atoms with Gasteiger partial charge in [-0.25, -0.2) is 8.78 Å². The van der Waals surface area contributed by atoms with E-state index in [0.717, 1.165) is 5.56 Å². The van der Waals surface area contributed by atoms with E-state index in [1.165, 1.54) is 6.07 Å². The molecule has 0 bridgehead atoms. The summed E-state index contributed by atoms with van der Waals surface area (Å²) in [6, 6.07) is 4.79. The Morgan fingerprint density at radius 2 is 2.08 bits per heavy atom. The molecule has 0 fully saturated rings. The summed E-state index contributed by atoms with van der Waals surface area (Å²) in [4.78, 5) is 0. The molecule has 0 radical (unpaired) electrons. The van der Waals surface area contributed by atoms with Crippen molar-refractivity contribution in [2.45, 2.75) is 19.2 Å². The summed E-state index contributed by atoms with van der Waals surface area (Å²) in [5.41, 5.74) is 1.45. The lowest BCUT2D eigenvalue weighted by Crippen LogP contribution is -1.93. The van der Waals surface area contributed by atoms with Crippen LogP contribution in [0.3, 0.4) is 0 Å². The molecule has 0 aliphatic rings. The fourth-order valence-electron chi connectivity index (χ4n) is 1.08. The molecule has 0 aliphatic heterocycles. The SMILES string of the molecule is Cc1c(CCl)cccc1C(F)F. The van der Waals surface area contributed by atoms with Crippen LogP contribution in [0.4, 0.5) is 8.78 Å². The predicted molar refractivity (Wildman–Crippen MR) is 45.7 cm³/mol. The Kier molecular flexibility index (Phi) is 3.04. The molecule has 0 aliphatic carbocycles. The molecule has 12 heavy (non-hydrogen) atoms. The van der Waals surface area contributed by atoms with Crippen LogP contribution in [-0.2, 0) is 5.88 Å². The highest BCUT2D eigenvalue weighted by Crippen LogP contribution is 2.25. The Morgan fingerprint density at radius 3 is 2.58 bits per heavy atom. The van der Waals surface area contributed by atoms with Crippen molar-refractivity contribution < 1.29 is 8.78 Å². The maximum absolute atomic E-state index is 12.3. The topological polar surface area (TPSA) is 0 Å². The maximum atomic E-state index is 12.3. The van der Waals surface area contributed by atoms with Crippen LogP contribution in [0.1, 0.15) is 23.1 Å². The molecule has 0 aromatic heterocycles. The predicted octanol–water partition coefficient (Wildman–Crippen LogP) is 3.67. The number of hydrogen-bond donors (Lipinski definition) is 0. The molecule has 1 aromatic carbocycles. The molecule has 0 amide bonds. The highest BCUT2D eigenvalue weighted by Gasteiger charge is 2.11. The van der Waals surface area contributed by atoms with Gasteiger partial charge in [0.2, 0.25) is 0 Å². The molecule has 3 heteroatoms. The number of halogens is 3. The Hall–Kier alpha value is -0.630. The van der Waals surface area contributed by atoms with Gasteiger partial charge in [-0.3, -0.25) is 0 Å². The summed E-state index contributed by atoms with van der Waals surface area (Å²) in [7, 11) is 0. The normalized spacial score (nSPS) is 10.8. The van der Waals surface area contributed by atoms with Crippen LogP contribution in [0.15, 0.2) is 18.2 Å². The van der Waals surface area contributed by atoms with Gasteiger partial charge in [-0.15, -0.1) is 11.6 Å². The number of alkyl halides is 3. The van der Waals surface area contributed by atoms with Crippen molar-refractivity contribution in [2.75, 3.05) is 0 Å². The summed E-state index contributed by atoms with van der Waals surface area (Å²) in [6.07, 6.45) is -2.41. The van der Waals surface area contributed by atoms with E-state index >= 15 is 0 Å². The van der Waals surface area contributed by atoms with Crippen LogP contribution in [0.2, 0.25) is 0 Å². The summed E-state index contributed by atoms with van der Waals surface area (Å²) < 4.78 is 24.6. The van der Waals surface area contributed by atoms with E-state index in [1.807, 2.05) is 0 Å². The molecule has 0 saturated heterocycles. The molecule has 0 atom stereocenters. The lowest BCUT2D eigenvalue weighted by Gasteiger charge is -2.07. The summed E-state index contributed by atoms with van der Waals surface area (Å²) in [5.74, 6) is 0.284. The molecule has 0 heterocycles. The van der Waals surface area contributed by atoms with Crippen LogP contribution in [0, 0.1) is 6.92 Å². The van der Waals surface area contributed by atoms with Gasteiger partial charge in [0.05, 0.1) is 0 Å². The zero-order chi connectivity index (χ0) is 9.14. The molecule has 0 spiro atoms. The molecule has 1 rings (SSSR count). The van der Waals surface area contributed by atoms with Crippen molar-refractivity contribution in [3.63, 3.8) is 0 Å². The molecule has 66 valence electrons. The first-order valence-electron chi connectivity index (χ1n) is 3.59. The van der Waals surface area contributed by atoms with Crippen molar-refractivity contribution in [1.29, 1.82) is 0 Å². The molecule has 0 nitrogen and oxygen atoms in total. The van der Waals surface area contributed by atoms with E-state index < -0.39 is 6.43 Å².